The second-order valence-corrected chi connectivity index (χ2v) is 10.3. The van der Waals surface area contributed by atoms with E-state index in [4.69, 9.17) is 0 Å². The van der Waals surface area contributed by atoms with Crippen LogP contribution in [0.4, 0.5) is 18.9 Å². The first-order valence-corrected chi connectivity index (χ1v) is 12.0. The normalized spacial score (nSPS) is 16.3. The number of hydrogen-bond acceptors (Lipinski definition) is 3. The fourth-order valence-electron chi connectivity index (χ4n) is 4.00. The average Bonchev–Trinajstić information content (AvgIpc) is 2.85. The Hall–Kier alpha value is -3.17. The van der Waals surface area contributed by atoms with Crippen LogP contribution in [0.1, 0.15) is 27.8 Å². The van der Waals surface area contributed by atoms with Gasteiger partial charge in [-0.15, -0.1) is 0 Å². The number of rotatable bonds is 4. The third-order valence-corrected chi connectivity index (χ3v) is 7.67. The van der Waals surface area contributed by atoms with Gasteiger partial charge in [-0.1, -0.05) is 48.0 Å². The van der Waals surface area contributed by atoms with Crippen molar-refractivity contribution in [3.63, 3.8) is 0 Å². The fourth-order valence-corrected chi connectivity index (χ4v) is 5.56. The molecule has 34 heavy (non-hydrogen) atoms. The zero-order valence-corrected chi connectivity index (χ0v) is 19.4. The molecule has 0 aliphatic carbocycles. The van der Waals surface area contributed by atoms with Crippen LogP contribution >= 0.6 is 0 Å². The minimum absolute atomic E-state index is 0.00726. The molecule has 9 heteroatoms. The van der Waals surface area contributed by atoms with Crippen LogP contribution in [0.25, 0.3) is 0 Å². The van der Waals surface area contributed by atoms with Gasteiger partial charge in [0.2, 0.25) is 15.9 Å². The molecule has 0 aromatic heterocycles. The number of hydrogen-bond donors (Lipinski definition) is 0. The first-order valence-electron chi connectivity index (χ1n) is 10.6. The number of anilines is 1. The van der Waals surface area contributed by atoms with Gasteiger partial charge in [-0.25, -0.2) is 8.42 Å². The van der Waals surface area contributed by atoms with E-state index in [-0.39, 0.29) is 29.2 Å². The van der Waals surface area contributed by atoms with Gasteiger partial charge in [0.15, 0.2) is 0 Å². The lowest BCUT2D eigenvalue weighted by Crippen LogP contribution is -2.39. The largest absolute Gasteiger partial charge is 0.416 e. The molecule has 0 N–H and O–H groups in total. The van der Waals surface area contributed by atoms with E-state index in [0.717, 1.165) is 33.1 Å². The number of halogens is 3. The van der Waals surface area contributed by atoms with Crippen molar-refractivity contribution in [3.8, 4) is 0 Å². The van der Waals surface area contributed by atoms with Crippen LogP contribution in [-0.4, -0.2) is 25.2 Å². The van der Waals surface area contributed by atoms with Gasteiger partial charge in [-0.2, -0.15) is 17.5 Å². The molecule has 5 nitrogen and oxygen atoms in total. The van der Waals surface area contributed by atoms with Crippen LogP contribution in [0.5, 0.6) is 0 Å². The summed E-state index contributed by atoms with van der Waals surface area (Å²) in [6, 6.07) is 16.5. The molecule has 3 aromatic rings. The summed E-state index contributed by atoms with van der Waals surface area (Å²) < 4.78 is 67.8. The number of fused-ring (bicyclic) bond motifs is 1. The quantitative estimate of drug-likeness (QED) is 0.516. The minimum atomic E-state index is -4.53. The van der Waals surface area contributed by atoms with Crippen molar-refractivity contribution < 1.29 is 26.4 Å². The summed E-state index contributed by atoms with van der Waals surface area (Å²) in [6.07, 6.45) is -4.53. The Morgan fingerprint density at radius 1 is 0.912 bits per heavy atom. The Morgan fingerprint density at radius 2 is 1.65 bits per heavy atom. The van der Waals surface area contributed by atoms with Crippen molar-refractivity contribution in [2.75, 3.05) is 11.4 Å². The van der Waals surface area contributed by atoms with Crippen molar-refractivity contribution in [1.82, 2.24) is 4.31 Å². The summed E-state index contributed by atoms with van der Waals surface area (Å²) in [5.74, 6) is -0.517. The van der Waals surface area contributed by atoms with Crippen LogP contribution in [0, 0.1) is 13.8 Å². The monoisotopic (exact) mass is 488 g/mol. The molecule has 3 aromatic carbocycles. The molecule has 1 amide bonds. The predicted octanol–water partition coefficient (Wildman–Crippen LogP) is 5.06. The number of aryl methyl sites for hydroxylation is 2. The second-order valence-electron chi connectivity index (χ2n) is 8.35. The molecule has 0 atom stereocenters. The molecule has 0 fully saturated rings. The molecule has 0 spiro atoms. The highest BCUT2D eigenvalue weighted by molar-refractivity contribution is 7.89. The van der Waals surface area contributed by atoms with Crippen molar-refractivity contribution in [3.05, 3.63) is 94.5 Å². The van der Waals surface area contributed by atoms with Crippen molar-refractivity contribution in [2.45, 2.75) is 38.0 Å². The molecule has 0 bridgehead atoms. The molecule has 0 saturated carbocycles. The third kappa shape index (κ3) is 4.71. The molecule has 178 valence electrons. The fraction of sp³-hybridized carbons (Fsp3) is 0.240. The highest BCUT2D eigenvalue weighted by Gasteiger charge is 2.37. The van der Waals surface area contributed by atoms with Crippen molar-refractivity contribution >= 4 is 21.6 Å². The Morgan fingerprint density at radius 3 is 2.38 bits per heavy atom. The minimum Gasteiger partial charge on any atom is -0.305 e. The van der Waals surface area contributed by atoms with Crippen LogP contribution in [-0.2, 0) is 34.1 Å². The summed E-state index contributed by atoms with van der Waals surface area (Å²) in [6.45, 7) is 3.16. The van der Waals surface area contributed by atoms with Crippen molar-refractivity contribution in [1.29, 1.82) is 0 Å². The van der Waals surface area contributed by atoms with E-state index in [1.54, 1.807) is 12.1 Å². The Bertz CT molecular complexity index is 1350. The molecule has 1 aliphatic heterocycles. The van der Waals surface area contributed by atoms with E-state index in [9.17, 15) is 26.4 Å². The summed E-state index contributed by atoms with van der Waals surface area (Å²) in [4.78, 5) is 14.5. The average molecular weight is 489 g/mol. The van der Waals surface area contributed by atoms with Crippen LogP contribution in [0.15, 0.2) is 71.6 Å². The van der Waals surface area contributed by atoms with E-state index in [2.05, 4.69) is 0 Å². The standard InChI is InChI=1S/C25H23F3N2O3S/c1-17-10-11-18(2)20(12-17)15-29-16-24(31)30(22-8-3-4-9-23(22)34(29,32)33)14-19-6-5-7-21(13-19)25(26,27)28/h3-13H,14-16H2,1-2H3. The maximum Gasteiger partial charge on any atom is 0.416 e. The zero-order chi connectivity index (χ0) is 24.7. The lowest BCUT2D eigenvalue weighted by atomic mass is 10.1. The van der Waals surface area contributed by atoms with Crippen LogP contribution in [0.2, 0.25) is 0 Å². The molecular formula is C25H23F3N2O3S. The van der Waals surface area contributed by atoms with Gasteiger partial charge in [-0.05, 0) is 54.8 Å². The Kier molecular flexibility index (Phi) is 6.26. The molecule has 1 aliphatic rings. The third-order valence-electron chi connectivity index (χ3n) is 5.83. The number of carbonyl (C=O) groups is 1. The summed E-state index contributed by atoms with van der Waals surface area (Å²) in [5.41, 5.74) is 2.20. The van der Waals surface area contributed by atoms with E-state index in [1.807, 2.05) is 32.0 Å². The maximum absolute atomic E-state index is 13.6. The molecule has 4 rings (SSSR count). The zero-order valence-electron chi connectivity index (χ0n) is 18.6. The molecule has 1 heterocycles. The number of alkyl halides is 3. The molecule has 0 saturated heterocycles. The number of nitrogens with zero attached hydrogens (tertiary/aromatic N) is 2. The first-order chi connectivity index (χ1) is 16.0. The van der Waals surface area contributed by atoms with E-state index >= 15 is 0 Å². The number of para-hydroxylation sites is 1. The Labute approximate surface area is 196 Å². The van der Waals surface area contributed by atoms with E-state index < -0.39 is 34.2 Å². The lowest BCUT2D eigenvalue weighted by Gasteiger charge is -2.23. The van der Waals surface area contributed by atoms with Gasteiger partial charge in [0.1, 0.15) is 4.90 Å². The number of amides is 1. The topological polar surface area (TPSA) is 57.7 Å². The summed E-state index contributed by atoms with van der Waals surface area (Å²) >= 11 is 0. The number of carbonyl (C=O) groups excluding carboxylic acids is 1. The number of benzene rings is 3. The van der Waals surface area contributed by atoms with Crippen LogP contribution < -0.4 is 4.90 Å². The second kappa shape index (κ2) is 8.88. The summed E-state index contributed by atoms with van der Waals surface area (Å²) in [7, 11) is -4.05. The van der Waals surface area contributed by atoms with Gasteiger partial charge in [0.25, 0.3) is 0 Å². The molecule has 0 unspecified atom stereocenters. The smallest absolute Gasteiger partial charge is 0.305 e. The van der Waals surface area contributed by atoms with Gasteiger partial charge < -0.3 is 4.90 Å². The highest BCUT2D eigenvalue weighted by Crippen LogP contribution is 2.34. The molecular weight excluding hydrogens is 465 g/mol. The maximum atomic E-state index is 13.6. The van der Waals surface area contributed by atoms with Gasteiger partial charge in [0, 0.05) is 6.54 Å². The SMILES string of the molecule is Cc1ccc(C)c(CN2CC(=O)N(Cc3cccc(C(F)(F)F)c3)c3ccccc3S2(=O)=O)c1. The van der Waals surface area contributed by atoms with E-state index in [0.29, 0.717) is 0 Å². The summed E-state index contributed by atoms with van der Waals surface area (Å²) in [5, 5.41) is 0. The molecule has 0 radical (unpaired) electrons. The van der Waals surface area contributed by atoms with Gasteiger partial charge >= 0.3 is 6.18 Å². The Balaban J connectivity index is 1.75. The van der Waals surface area contributed by atoms with E-state index in [1.165, 1.54) is 29.2 Å². The highest BCUT2D eigenvalue weighted by atomic mass is 32.2. The predicted molar refractivity (Wildman–Crippen MR) is 123 cm³/mol. The van der Waals surface area contributed by atoms with Gasteiger partial charge in [-0.3, -0.25) is 4.79 Å². The lowest BCUT2D eigenvalue weighted by molar-refractivity contribution is -0.137. The number of sulfonamides is 1. The van der Waals surface area contributed by atoms with Gasteiger partial charge in [0.05, 0.1) is 24.3 Å². The van der Waals surface area contributed by atoms with Crippen LogP contribution in [0.3, 0.4) is 0 Å². The van der Waals surface area contributed by atoms with Crippen molar-refractivity contribution in [2.24, 2.45) is 0 Å². The first kappa shape index (κ1) is 24.0.